The number of hydrogen-bond acceptors (Lipinski definition) is 7. The number of amides is 1. The molecule has 3 aromatic rings. The quantitative estimate of drug-likeness (QED) is 0.436. The molecule has 1 aromatic heterocycles. The molecular formula is C19H20N4O4S2. The van der Waals surface area contributed by atoms with Crippen LogP contribution in [0.25, 0.3) is 0 Å². The van der Waals surface area contributed by atoms with Crippen molar-refractivity contribution in [2.24, 2.45) is 7.05 Å². The number of benzene rings is 2. The van der Waals surface area contributed by atoms with Gasteiger partial charge in [0.15, 0.2) is 15.0 Å². The molecule has 152 valence electrons. The molecule has 2 aromatic carbocycles. The number of phenols is 1. The number of carbonyl (C=O) groups excluding carboxylic acids is 1. The number of aromatic nitrogens is 3. The van der Waals surface area contributed by atoms with Gasteiger partial charge in [-0.15, -0.1) is 10.2 Å². The molecule has 0 aliphatic carbocycles. The van der Waals surface area contributed by atoms with Crippen molar-refractivity contribution in [1.29, 1.82) is 0 Å². The van der Waals surface area contributed by atoms with Crippen molar-refractivity contribution in [1.82, 2.24) is 14.8 Å². The fourth-order valence-electron chi connectivity index (χ4n) is 2.45. The van der Waals surface area contributed by atoms with Gasteiger partial charge in [-0.2, -0.15) is 0 Å². The van der Waals surface area contributed by atoms with E-state index in [1.807, 2.05) is 0 Å². The molecule has 0 saturated heterocycles. The van der Waals surface area contributed by atoms with Crippen molar-refractivity contribution in [2.75, 3.05) is 5.32 Å². The van der Waals surface area contributed by atoms with Crippen LogP contribution in [0.15, 0.2) is 64.6 Å². The number of carbonyl (C=O) groups is 1. The molecule has 0 aliphatic rings. The predicted octanol–water partition coefficient (Wildman–Crippen LogP) is 2.61. The van der Waals surface area contributed by atoms with Crippen molar-refractivity contribution in [2.45, 2.75) is 28.0 Å². The van der Waals surface area contributed by atoms with Crippen LogP contribution in [0, 0.1) is 0 Å². The highest BCUT2D eigenvalue weighted by Crippen LogP contribution is 2.24. The molecule has 10 heteroatoms. The average Bonchev–Trinajstić information content (AvgIpc) is 3.03. The third-order valence-electron chi connectivity index (χ3n) is 4.13. The molecule has 3 rings (SSSR count). The summed E-state index contributed by atoms with van der Waals surface area (Å²) in [6, 6.07) is 14.3. The van der Waals surface area contributed by atoms with E-state index < -0.39 is 15.1 Å². The van der Waals surface area contributed by atoms with Gasteiger partial charge in [-0.3, -0.25) is 4.79 Å². The third kappa shape index (κ3) is 5.15. The molecule has 1 unspecified atom stereocenters. The number of nitrogens with one attached hydrogen (secondary N) is 1. The predicted molar refractivity (Wildman–Crippen MR) is 110 cm³/mol. The van der Waals surface area contributed by atoms with Crippen molar-refractivity contribution >= 4 is 33.2 Å². The molecule has 2 N–H and O–H groups in total. The molecule has 0 spiro atoms. The molecule has 0 fully saturated rings. The minimum absolute atomic E-state index is 0.113. The maximum Gasteiger partial charge on any atom is 0.237 e. The van der Waals surface area contributed by atoms with Gasteiger partial charge in [0.2, 0.25) is 5.91 Å². The zero-order valence-electron chi connectivity index (χ0n) is 15.8. The molecule has 8 nitrogen and oxygen atoms in total. The zero-order chi connectivity index (χ0) is 21.0. The van der Waals surface area contributed by atoms with Gasteiger partial charge >= 0.3 is 0 Å². The number of aromatic hydroxyl groups is 1. The normalized spacial score (nSPS) is 12.5. The maximum atomic E-state index is 12.6. The summed E-state index contributed by atoms with van der Waals surface area (Å²) >= 11 is 1.18. The van der Waals surface area contributed by atoms with Gasteiger partial charge in [-0.05, 0) is 43.3 Å². The van der Waals surface area contributed by atoms with Crippen molar-refractivity contribution < 1.29 is 18.3 Å². The minimum Gasteiger partial charge on any atom is -0.508 e. The maximum absolute atomic E-state index is 12.6. The van der Waals surface area contributed by atoms with E-state index in [0.717, 1.165) is 0 Å². The van der Waals surface area contributed by atoms with E-state index in [9.17, 15) is 18.3 Å². The first-order valence-electron chi connectivity index (χ1n) is 8.69. The molecule has 0 saturated carbocycles. The highest BCUT2D eigenvalue weighted by Gasteiger charge is 2.22. The standard InChI is InChI=1S/C19H20N4O4S2/c1-13(18(25)20-14-8-10-15(24)11-9-14)28-19-22-21-17(23(19)2)12-29(26,27)16-6-4-3-5-7-16/h3-11,13,24H,12H2,1-2H3,(H,20,25). The number of hydrogen-bond donors (Lipinski definition) is 2. The van der Waals surface area contributed by atoms with Crippen LogP contribution >= 0.6 is 11.8 Å². The van der Waals surface area contributed by atoms with E-state index in [4.69, 9.17) is 0 Å². The number of nitrogens with zero attached hydrogens (tertiary/aromatic N) is 3. The summed E-state index contributed by atoms with van der Waals surface area (Å²) in [4.78, 5) is 12.6. The van der Waals surface area contributed by atoms with Crippen molar-refractivity contribution in [3.8, 4) is 5.75 Å². The van der Waals surface area contributed by atoms with Gasteiger partial charge in [-0.1, -0.05) is 30.0 Å². The Bertz CT molecular complexity index is 1100. The Hall–Kier alpha value is -2.85. The lowest BCUT2D eigenvalue weighted by molar-refractivity contribution is -0.115. The van der Waals surface area contributed by atoms with Crippen LogP contribution in [0.3, 0.4) is 0 Å². The van der Waals surface area contributed by atoms with Gasteiger partial charge in [0.05, 0.1) is 10.1 Å². The molecule has 0 aliphatic heterocycles. The molecule has 0 radical (unpaired) electrons. The molecule has 1 atom stereocenters. The largest absolute Gasteiger partial charge is 0.508 e. The van der Waals surface area contributed by atoms with Gasteiger partial charge in [-0.25, -0.2) is 8.42 Å². The number of phenolic OH excluding ortho intramolecular Hbond substituents is 1. The Morgan fingerprint density at radius 1 is 1.14 bits per heavy atom. The van der Waals surface area contributed by atoms with Gasteiger partial charge in [0.25, 0.3) is 0 Å². The second-order valence-electron chi connectivity index (χ2n) is 6.33. The van der Waals surface area contributed by atoms with E-state index in [1.165, 1.54) is 36.0 Å². The van der Waals surface area contributed by atoms with Crippen molar-refractivity contribution in [3.63, 3.8) is 0 Å². The highest BCUT2D eigenvalue weighted by molar-refractivity contribution is 8.00. The van der Waals surface area contributed by atoms with Crippen LogP contribution < -0.4 is 5.32 Å². The second kappa shape index (κ2) is 8.66. The number of thioether (sulfide) groups is 1. The lowest BCUT2D eigenvalue weighted by Gasteiger charge is -2.12. The lowest BCUT2D eigenvalue weighted by Crippen LogP contribution is -2.22. The van der Waals surface area contributed by atoms with Crippen LogP contribution in [0.4, 0.5) is 5.69 Å². The second-order valence-corrected chi connectivity index (χ2v) is 9.62. The van der Waals surface area contributed by atoms with Crippen molar-refractivity contribution in [3.05, 3.63) is 60.4 Å². The van der Waals surface area contributed by atoms with Crippen LogP contribution in [0.5, 0.6) is 5.75 Å². The molecule has 0 bridgehead atoms. The minimum atomic E-state index is -3.54. The topological polar surface area (TPSA) is 114 Å². The van der Waals surface area contributed by atoms with E-state index in [-0.39, 0.29) is 22.3 Å². The molecule has 1 heterocycles. The first kappa shape index (κ1) is 20.9. The van der Waals surface area contributed by atoms with Crippen LogP contribution in [0.1, 0.15) is 12.7 Å². The highest BCUT2D eigenvalue weighted by atomic mass is 32.2. The molecule has 29 heavy (non-hydrogen) atoms. The number of rotatable bonds is 7. The van der Waals surface area contributed by atoms with E-state index in [1.54, 1.807) is 48.9 Å². The van der Waals surface area contributed by atoms with E-state index in [2.05, 4.69) is 15.5 Å². The fourth-order valence-corrected chi connectivity index (χ4v) is 4.62. The monoisotopic (exact) mass is 432 g/mol. The molecule has 1 amide bonds. The molecular weight excluding hydrogens is 412 g/mol. The Morgan fingerprint density at radius 2 is 1.79 bits per heavy atom. The average molecular weight is 433 g/mol. The Kier molecular flexibility index (Phi) is 6.23. The smallest absolute Gasteiger partial charge is 0.237 e. The lowest BCUT2D eigenvalue weighted by atomic mass is 10.3. The van der Waals surface area contributed by atoms with E-state index in [0.29, 0.717) is 16.7 Å². The van der Waals surface area contributed by atoms with Gasteiger partial charge < -0.3 is 15.0 Å². The summed E-state index contributed by atoms with van der Waals surface area (Å²) in [6.07, 6.45) is 0. The fraction of sp³-hybridized carbons (Fsp3) is 0.211. The SMILES string of the molecule is CC(Sc1nnc(CS(=O)(=O)c2ccccc2)n1C)C(=O)Nc1ccc(O)cc1. The summed E-state index contributed by atoms with van der Waals surface area (Å²) in [5.74, 6) is -0.123. The Balaban J connectivity index is 1.67. The van der Waals surface area contributed by atoms with Gasteiger partial charge in [0, 0.05) is 12.7 Å². The Morgan fingerprint density at radius 3 is 2.45 bits per heavy atom. The van der Waals surface area contributed by atoms with Crippen LogP contribution in [-0.4, -0.2) is 39.4 Å². The summed E-state index contributed by atoms with van der Waals surface area (Å²) in [5.41, 5.74) is 0.563. The first-order chi connectivity index (χ1) is 13.8. The summed E-state index contributed by atoms with van der Waals surface area (Å²) in [7, 11) is -1.87. The summed E-state index contributed by atoms with van der Waals surface area (Å²) in [6.45, 7) is 1.72. The van der Waals surface area contributed by atoms with Crippen LogP contribution in [0.2, 0.25) is 0 Å². The van der Waals surface area contributed by atoms with Gasteiger partial charge in [0.1, 0.15) is 17.3 Å². The van der Waals surface area contributed by atoms with Crippen LogP contribution in [-0.2, 0) is 27.4 Å². The summed E-state index contributed by atoms with van der Waals surface area (Å²) < 4.78 is 26.7. The number of sulfone groups is 1. The Labute approximate surface area is 172 Å². The number of anilines is 1. The third-order valence-corrected chi connectivity index (χ3v) is 6.90. The first-order valence-corrected chi connectivity index (χ1v) is 11.2. The summed E-state index contributed by atoms with van der Waals surface area (Å²) in [5, 5.41) is 20.0. The van der Waals surface area contributed by atoms with E-state index >= 15 is 0 Å². The zero-order valence-corrected chi connectivity index (χ0v) is 17.4.